The van der Waals surface area contributed by atoms with Gasteiger partial charge in [-0.1, -0.05) is 19.1 Å². The van der Waals surface area contributed by atoms with Gasteiger partial charge < -0.3 is 5.11 Å². The van der Waals surface area contributed by atoms with Crippen molar-refractivity contribution < 1.29 is 14.3 Å². The number of aryl methyl sites for hydroxylation is 1. The SMILES string of the molecule is Cc1nc(-c2cncnc2)c2c(n1)[C@@]1(c3ccc(F)cc3)C/C(=C/O)C(=O)[C@@H](C)[C@@H]1CC2. The highest BCUT2D eigenvalue weighted by Gasteiger charge is 2.55. The van der Waals surface area contributed by atoms with Crippen molar-refractivity contribution >= 4 is 5.78 Å². The van der Waals surface area contributed by atoms with E-state index in [1.807, 2.05) is 13.8 Å². The molecule has 0 unspecified atom stereocenters. The van der Waals surface area contributed by atoms with Crippen LogP contribution in [0.25, 0.3) is 11.3 Å². The number of Topliss-reactive ketones (excluding diaryl/α,β-unsaturated/α-hetero) is 1. The average Bonchev–Trinajstić information content (AvgIpc) is 2.81. The van der Waals surface area contributed by atoms with E-state index in [1.165, 1.54) is 18.5 Å². The Kier molecular flexibility index (Phi) is 4.84. The number of allylic oxidation sites excluding steroid dienone is 1. The van der Waals surface area contributed by atoms with Crippen molar-refractivity contribution in [3.05, 3.63) is 83.3 Å². The number of carbonyl (C=O) groups excluding carboxylic acids is 1. The van der Waals surface area contributed by atoms with Crippen LogP contribution in [0.2, 0.25) is 0 Å². The number of aliphatic hydroxyl groups excluding tert-OH is 1. The minimum Gasteiger partial charge on any atom is -0.515 e. The van der Waals surface area contributed by atoms with E-state index in [1.54, 1.807) is 24.5 Å². The smallest absolute Gasteiger partial charge is 0.165 e. The van der Waals surface area contributed by atoms with E-state index in [-0.39, 0.29) is 23.4 Å². The van der Waals surface area contributed by atoms with Crippen LogP contribution in [0.3, 0.4) is 0 Å². The highest BCUT2D eigenvalue weighted by molar-refractivity contribution is 5.98. The molecule has 5 rings (SSSR count). The molecule has 0 radical (unpaired) electrons. The summed E-state index contributed by atoms with van der Waals surface area (Å²) >= 11 is 0. The number of rotatable bonds is 2. The van der Waals surface area contributed by atoms with E-state index >= 15 is 0 Å². The molecule has 1 saturated carbocycles. The third-order valence-electron chi connectivity index (χ3n) is 7.03. The normalized spacial score (nSPS) is 26.0. The Morgan fingerprint density at radius 2 is 1.88 bits per heavy atom. The predicted molar refractivity (Wildman–Crippen MR) is 116 cm³/mol. The highest BCUT2D eigenvalue weighted by Crippen LogP contribution is 2.56. The second-order valence-electron chi connectivity index (χ2n) is 8.68. The van der Waals surface area contributed by atoms with Crippen LogP contribution in [-0.2, 0) is 16.6 Å². The number of aliphatic hydroxyl groups is 1. The molecule has 1 aromatic carbocycles. The molecule has 32 heavy (non-hydrogen) atoms. The zero-order chi connectivity index (χ0) is 22.5. The monoisotopic (exact) mass is 430 g/mol. The second kappa shape index (κ2) is 7.58. The molecule has 2 heterocycles. The van der Waals surface area contributed by atoms with Crippen LogP contribution in [0.4, 0.5) is 4.39 Å². The van der Waals surface area contributed by atoms with Crippen LogP contribution in [0.5, 0.6) is 0 Å². The lowest BCUT2D eigenvalue weighted by Gasteiger charge is -2.51. The van der Waals surface area contributed by atoms with Crippen LogP contribution < -0.4 is 0 Å². The molecular formula is C25H23FN4O2. The minimum atomic E-state index is -0.679. The molecule has 0 aliphatic heterocycles. The van der Waals surface area contributed by atoms with Crippen LogP contribution in [-0.4, -0.2) is 30.8 Å². The third-order valence-corrected chi connectivity index (χ3v) is 7.03. The zero-order valence-corrected chi connectivity index (χ0v) is 17.9. The summed E-state index contributed by atoms with van der Waals surface area (Å²) < 4.78 is 13.9. The van der Waals surface area contributed by atoms with Gasteiger partial charge in [0.25, 0.3) is 0 Å². The van der Waals surface area contributed by atoms with Crippen molar-refractivity contribution in [3.8, 4) is 11.3 Å². The summed E-state index contributed by atoms with van der Waals surface area (Å²) in [5.41, 5.74) is 3.99. The van der Waals surface area contributed by atoms with Crippen molar-refractivity contribution in [2.45, 2.75) is 38.5 Å². The lowest BCUT2D eigenvalue weighted by molar-refractivity contribution is -0.123. The number of hydrogen-bond acceptors (Lipinski definition) is 6. The quantitative estimate of drug-likeness (QED) is 0.482. The summed E-state index contributed by atoms with van der Waals surface area (Å²) in [5.74, 6) is -0.105. The number of fused-ring (bicyclic) bond motifs is 3. The van der Waals surface area contributed by atoms with E-state index in [4.69, 9.17) is 9.97 Å². The molecule has 0 spiro atoms. The molecule has 2 aromatic heterocycles. The Labute approximate surface area is 185 Å². The largest absolute Gasteiger partial charge is 0.515 e. The summed E-state index contributed by atoms with van der Waals surface area (Å²) in [7, 11) is 0. The molecule has 1 fully saturated rings. The van der Waals surface area contributed by atoms with E-state index in [0.717, 1.165) is 40.8 Å². The van der Waals surface area contributed by atoms with Gasteiger partial charge in [0.1, 0.15) is 18.0 Å². The molecular weight excluding hydrogens is 407 g/mol. The number of carbonyl (C=O) groups is 1. The summed E-state index contributed by atoms with van der Waals surface area (Å²) in [6.07, 6.45) is 7.64. The van der Waals surface area contributed by atoms with Gasteiger partial charge in [0.05, 0.1) is 17.6 Å². The minimum absolute atomic E-state index is 0.0363. The Morgan fingerprint density at radius 1 is 1.16 bits per heavy atom. The zero-order valence-electron chi connectivity index (χ0n) is 17.9. The Morgan fingerprint density at radius 3 is 2.56 bits per heavy atom. The Balaban J connectivity index is 1.83. The van der Waals surface area contributed by atoms with E-state index in [0.29, 0.717) is 24.2 Å². The number of aromatic nitrogens is 4. The van der Waals surface area contributed by atoms with Gasteiger partial charge in [-0.05, 0) is 49.8 Å². The standard InChI is InChI=1S/C25H23FN4O2/c1-14-21-8-7-20-22(17-10-27-13-28-11-17)29-15(2)30-24(20)25(21,9-16(12-31)23(14)32)18-3-5-19(26)6-4-18/h3-6,10-14,21,31H,7-9H2,1-2H3/b16-12-/t14-,21-,25+/m0/s1. The molecule has 0 saturated heterocycles. The summed E-state index contributed by atoms with van der Waals surface area (Å²) in [6.45, 7) is 3.76. The van der Waals surface area contributed by atoms with E-state index < -0.39 is 5.41 Å². The molecule has 0 bridgehead atoms. The third kappa shape index (κ3) is 2.95. The first-order valence-corrected chi connectivity index (χ1v) is 10.7. The fourth-order valence-corrected chi connectivity index (χ4v) is 5.65. The fourth-order valence-electron chi connectivity index (χ4n) is 5.65. The molecule has 2 aliphatic rings. The van der Waals surface area contributed by atoms with Crippen molar-refractivity contribution in [1.82, 2.24) is 19.9 Å². The van der Waals surface area contributed by atoms with Crippen LogP contribution in [0.1, 0.15) is 42.4 Å². The van der Waals surface area contributed by atoms with Gasteiger partial charge in [-0.2, -0.15) is 0 Å². The number of ketones is 1. The summed E-state index contributed by atoms with van der Waals surface area (Å²) in [4.78, 5) is 30.9. The molecule has 3 atom stereocenters. The molecule has 7 heteroatoms. The molecule has 162 valence electrons. The molecule has 1 N–H and O–H groups in total. The number of halogens is 1. The van der Waals surface area contributed by atoms with Gasteiger partial charge >= 0.3 is 0 Å². The van der Waals surface area contributed by atoms with Crippen LogP contribution >= 0.6 is 0 Å². The van der Waals surface area contributed by atoms with E-state index in [9.17, 15) is 14.3 Å². The van der Waals surface area contributed by atoms with Gasteiger partial charge in [0.2, 0.25) is 0 Å². The average molecular weight is 430 g/mol. The van der Waals surface area contributed by atoms with Gasteiger partial charge in [0, 0.05) is 40.4 Å². The molecule has 3 aromatic rings. The topological polar surface area (TPSA) is 88.9 Å². The van der Waals surface area contributed by atoms with Crippen LogP contribution in [0, 0.1) is 24.6 Å². The van der Waals surface area contributed by atoms with Crippen molar-refractivity contribution in [1.29, 1.82) is 0 Å². The number of nitrogens with zero attached hydrogens (tertiary/aromatic N) is 4. The Hall–Kier alpha value is -3.48. The van der Waals surface area contributed by atoms with Gasteiger partial charge in [-0.25, -0.2) is 24.3 Å². The first-order valence-electron chi connectivity index (χ1n) is 10.7. The molecule has 0 amide bonds. The highest BCUT2D eigenvalue weighted by atomic mass is 19.1. The second-order valence-corrected chi connectivity index (χ2v) is 8.68. The predicted octanol–water partition coefficient (Wildman–Crippen LogP) is 4.28. The fraction of sp³-hybridized carbons (Fsp3) is 0.320. The van der Waals surface area contributed by atoms with Gasteiger partial charge in [-0.15, -0.1) is 0 Å². The maximum atomic E-state index is 13.9. The van der Waals surface area contributed by atoms with Crippen molar-refractivity contribution in [2.24, 2.45) is 11.8 Å². The lowest BCUT2D eigenvalue weighted by Crippen LogP contribution is -2.51. The van der Waals surface area contributed by atoms with Crippen LogP contribution in [0.15, 0.2) is 54.8 Å². The molecule has 2 aliphatic carbocycles. The van der Waals surface area contributed by atoms with Crippen molar-refractivity contribution in [3.63, 3.8) is 0 Å². The van der Waals surface area contributed by atoms with Gasteiger partial charge in [-0.3, -0.25) is 4.79 Å². The van der Waals surface area contributed by atoms with Gasteiger partial charge in [0.15, 0.2) is 5.78 Å². The number of hydrogen-bond donors (Lipinski definition) is 1. The summed E-state index contributed by atoms with van der Waals surface area (Å²) in [5, 5.41) is 9.92. The molecule has 6 nitrogen and oxygen atoms in total. The summed E-state index contributed by atoms with van der Waals surface area (Å²) in [6, 6.07) is 6.44. The number of benzene rings is 1. The van der Waals surface area contributed by atoms with E-state index in [2.05, 4.69) is 9.97 Å². The van der Waals surface area contributed by atoms with Crippen molar-refractivity contribution in [2.75, 3.05) is 0 Å². The first-order chi connectivity index (χ1) is 15.5. The Bertz CT molecular complexity index is 1230. The maximum Gasteiger partial charge on any atom is 0.165 e. The first kappa shape index (κ1) is 20.4. The lowest BCUT2D eigenvalue weighted by atomic mass is 9.52. The maximum absolute atomic E-state index is 13.9.